The maximum Gasteiger partial charge on any atom is 0.268 e. The summed E-state index contributed by atoms with van der Waals surface area (Å²) in [6.07, 6.45) is 0.594. The van der Waals surface area contributed by atoms with E-state index in [1.165, 1.54) is 0 Å². The molecule has 11 heavy (non-hydrogen) atoms. The number of rotatable bonds is 0. The normalized spacial score (nSPS) is 42.0. The van der Waals surface area contributed by atoms with Crippen LogP contribution in [0.3, 0.4) is 0 Å². The number of hydrogen-bond donors (Lipinski definition) is 2. The van der Waals surface area contributed by atoms with E-state index >= 15 is 0 Å². The molecule has 2 N–H and O–H groups in total. The Hall–Kier alpha value is -0.220. The first-order valence-electron chi connectivity index (χ1n) is 4.03. The summed E-state index contributed by atoms with van der Waals surface area (Å²) in [5.74, 6) is -2.92. The quantitative estimate of drug-likeness (QED) is 0.532. The van der Waals surface area contributed by atoms with Crippen molar-refractivity contribution >= 4 is 0 Å². The molecular formula is C7H12F2N2. The molecule has 0 amide bonds. The van der Waals surface area contributed by atoms with Crippen LogP contribution in [0.2, 0.25) is 0 Å². The van der Waals surface area contributed by atoms with Crippen LogP contribution in [-0.2, 0) is 0 Å². The third-order valence-corrected chi connectivity index (χ3v) is 2.63. The van der Waals surface area contributed by atoms with Gasteiger partial charge in [0.05, 0.1) is 6.04 Å². The van der Waals surface area contributed by atoms with Gasteiger partial charge in [0.1, 0.15) is 0 Å². The van der Waals surface area contributed by atoms with Crippen molar-refractivity contribution in [2.24, 2.45) is 5.92 Å². The van der Waals surface area contributed by atoms with E-state index in [-0.39, 0.29) is 0 Å². The molecule has 2 rings (SSSR count). The van der Waals surface area contributed by atoms with Gasteiger partial charge < -0.3 is 10.6 Å². The Labute approximate surface area is 64.3 Å². The molecule has 0 spiro atoms. The molecule has 2 nitrogen and oxygen atoms in total. The summed E-state index contributed by atoms with van der Waals surface area (Å²) in [5, 5.41) is 5.83. The van der Waals surface area contributed by atoms with E-state index in [4.69, 9.17) is 0 Å². The number of fused-ring (bicyclic) bond motifs is 2. The van der Waals surface area contributed by atoms with Gasteiger partial charge >= 0.3 is 0 Å². The lowest BCUT2D eigenvalue weighted by Gasteiger charge is -2.43. The molecule has 2 heterocycles. The smallest absolute Gasteiger partial charge is 0.268 e. The SMILES string of the molecule is FC1(F)[C@@H]2CCN[C@H]1CNC2. The Kier molecular flexibility index (Phi) is 1.61. The van der Waals surface area contributed by atoms with Crippen LogP contribution in [0.4, 0.5) is 8.78 Å². The van der Waals surface area contributed by atoms with E-state index in [0.29, 0.717) is 19.5 Å². The highest BCUT2D eigenvalue weighted by atomic mass is 19.3. The van der Waals surface area contributed by atoms with Crippen LogP contribution in [0, 0.1) is 5.92 Å². The maximum atomic E-state index is 13.2. The second-order valence-electron chi connectivity index (χ2n) is 3.33. The molecule has 0 saturated carbocycles. The van der Waals surface area contributed by atoms with Gasteiger partial charge in [0.15, 0.2) is 0 Å². The van der Waals surface area contributed by atoms with Gasteiger partial charge in [-0.1, -0.05) is 0 Å². The highest BCUT2D eigenvalue weighted by Crippen LogP contribution is 2.35. The summed E-state index contributed by atoms with van der Waals surface area (Å²) in [5.41, 5.74) is 0. The van der Waals surface area contributed by atoms with Crippen LogP contribution in [0.15, 0.2) is 0 Å². The lowest BCUT2D eigenvalue weighted by Crippen LogP contribution is -2.64. The predicted octanol–water partition coefficient (Wildman–Crippen LogP) is 0.203. The highest BCUT2D eigenvalue weighted by molar-refractivity contribution is 4.99. The van der Waals surface area contributed by atoms with Gasteiger partial charge in [-0.3, -0.25) is 0 Å². The average molecular weight is 162 g/mol. The van der Waals surface area contributed by atoms with E-state index in [1.807, 2.05) is 0 Å². The molecule has 0 radical (unpaired) electrons. The Morgan fingerprint density at radius 3 is 2.73 bits per heavy atom. The first kappa shape index (κ1) is 7.43. The molecule has 64 valence electrons. The van der Waals surface area contributed by atoms with Gasteiger partial charge in [-0.15, -0.1) is 0 Å². The Balaban J connectivity index is 2.17. The van der Waals surface area contributed by atoms with Crippen molar-refractivity contribution in [1.29, 1.82) is 0 Å². The van der Waals surface area contributed by atoms with Crippen LogP contribution in [0.5, 0.6) is 0 Å². The number of alkyl halides is 2. The molecule has 0 aromatic rings. The van der Waals surface area contributed by atoms with Crippen molar-refractivity contribution in [3.05, 3.63) is 0 Å². The van der Waals surface area contributed by atoms with Crippen molar-refractivity contribution in [3.63, 3.8) is 0 Å². The molecule has 0 aromatic carbocycles. The topological polar surface area (TPSA) is 24.1 Å². The van der Waals surface area contributed by atoms with E-state index in [0.717, 1.165) is 6.54 Å². The molecular weight excluding hydrogens is 150 g/mol. The molecule has 2 saturated heterocycles. The number of hydrogen-bond acceptors (Lipinski definition) is 2. The second-order valence-corrected chi connectivity index (χ2v) is 3.33. The number of halogens is 2. The summed E-state index contributed by atoms with van der Waals surface area (Å²) < 4.78 is 26.4. The van der Waals surface area contributed by atoms with Crippen LogP contribution in [-0.4, -0.2) is 31.6 Å². The maximum absolute atomic E-state index is 13.2. The van der Waals surface area contributed by atoms with Crippen LogP contribution in [0.25, 0.3) is 0 Å². The zero-order valence-corrected chi connectivity index (χ0v) is 6.24. The largest absolute Gasteiger partial charge is 0.314 e. The molecule has 2 aliphatic rings. The molecule has 4 heteroatoms. The lowest BCUT2D eigenvalue weighted by atomic mass is 9.85. The van der Waals surface area contributed by atoms with Gasteiger partial charge in [0.25, 0.3) is 5.92 Å². The minimum absolute atomic E-state index is 0.406. The van der Waals surface area contributed by atoms with Crippen molar-refractivity contribution < 1.29 is 8.78 Å². The summed E-state index contributed by atoms with van der Waals surface area (Å²) in [6.45, 7) is 1.63. The number of piperidine rings is 2. The first-order chi connectivity index (χ1) is 5.21. The zero-order valence-electron chi connectivity index (χ0n) is 6.24. The van der Waals surface area contributed by atoms with Gasteiger partial charge in [-0.05, 0) is 13.0 Å². The van der Waals surface area contributed by atoms with E-state index < -0.39 is 17.9 Å². The minimum Gasteiger partial charge on any atom is -0.314 e. The van der Waals surface area contributed by atoms with Crippen LogP contribution < -0.4 is 10.6 Å². The van der Waals surface area contributed by atoms with Crippen molar-refractivity contribution in [1.82, 2.24) is 10.6 Å². The van der Waals surface area contributed by atoms with E-state index in [9.17, 15) is 8.78 Å². The van der Waals surface area contributed by atoms with Crippen molar-refractivity contribution in [3.8, 4) is 0 Å². The predicted molar refractivity (Wildman–Crippen MR) is 37.7 cm³/mol. The Bertz CT molecular complexity index is 137. The summed E-state index contributed by atoms with van der Waals surface area (Å²) in [4.78, 5) is 0. The monoisotopic (exact) mass is 162 g/mol. The Morgan fingerprint density at radius 1 is 1.27 bits per heavy atom. The highest BCUT2D eigenvalue weighted by Gasteiger charge is 2.51. The molecule has 2 bridgehead atoms. The second kappa shape index (κ2) is 2.38. The third-order valence-electron chi connectivity index (χ3n) is 2.63. The third kappa shape index (κ3) is 1.05. The van der Waals surface area contributed by atoms with E-state index in [2.05, 4.69) is 10.6 Å². The van der Waals surface area contributed by atoms with Gasteiger partial charge in [-0.25, -0.2) is 8.78 Å². The van der Waals surface area contributed by atoms with Crippen molar-refractivity contribution in [2.75, 3.05) is 19.6 Å². The molecule has 0 aromatic heterocycles. The number of nitrogens with one attached hydrogen (secondary N) is 2. The molecule has 0 unspecified atom stereocenters. The van der Waals surface area contributed by atoms with Crippen LogP contribution >= 0.6 is 0 Å². The van der Waals surface area contributed by atoms with Crippen molar-refractivity contribution in [2.45, 2.75) is 18.4 Å². The molecule has 0 aliphatic carbocycles. The first-order valence-corrected chi connectivity index (χ1v) is 4.03. The van der Waals surface area contributed by atoms with Crippen LogP contribution in [0.1, 0.15) is 6.42 Å². The zero-order chi connectivity index (χ0) is 7.90. The summed E-state index contributed by atoms with van der Waals surface area (Å²) in [7, 11) is 0. The summed E-state index contributed by atoms with van der Waals surface area (Å²) >= 11 is 0. The van der Waals surface area contributed by atoms with Gasteiger partial charge in [0, 0.05) is 19.0 Å². The standard InChI is InChI=1S/C7H12F2N2/c8-7(9)5-1-2-11-6(7)4-10-3-5/h5-6,10-11H,1-4H2/t5-,6+/m1/s1. The fourth-order valence-electron chi connectivity index (χ4n) is 1.89. The lowest BCUT2D eigenvalue weighted by molar-refractivity contribution is -0.121. The fourth-order valence-corrected chi connectivity index (χ4v) is 1.89. The average Bonchev–Trinajstić information content (AvgIpc) is 1.82. The van der Waals surface area contributed by atoms with Gasteiger partial charge in [0.2, 0.25) is 0 Å². The minimum atomic E-state index is -2.48. The van der Waals surface area contributed by atoms with E-state index in [1.54, 1.807) is 0 Å². The fraction of sp³-hybridized carbons (Fsp3) is 1.00. The summed E-state index contributed by atoms with van der Waals surface area (Å²) in [6, 6.07) is -0.630. The molecule has 2 fully saturated rings. The Morgan fingerprint density at radius 2 is 2.09 bits per heavy atom. The molecule has 2 aliphatic heterocycles. The molecule has 2 atom stereocenters. The van der Waals surface area contributed by atoms with Gasteiger partial charge in [-0.2, -0.15) is 0 Å².